The fraction of sp³-hybridized carbons (Fsp3) is 0.667. The summed E-state index contributed by atoms with van der Waals surface area (Å²) in [5.41, 5.74) is 2.89. The van der Waals surface area contributed by atoms with Crippen LogP contribution in [0, 0.1) is 13.8 Å². The van der Waals surface area contributed by atoms with Crippen LogP contribution in [-0.2, 0) is 0 Å². The minimum absolute atomic E-state index is 0.0694. The monoisotopic (exact) mass is 275 g/mol. The van der Waals surface area contributed by atoms with Crippen molar-refractivity contribution in [3.8, 4) is 5.75 Å². The van der Waals surface area contributed by atoms with E-state index in [0.29, 0.717) is 0 Å². The van der Waals surface area contributed by atoms with Gasteiger partial charge in [-0.3, -0.25) is 0 Å². The Hall–Kier alpha value is -1.02. The van der Waals surface area contributed by atoms with Crippen LogP contribution >= 0.6 is 0 Å². The molecule has 0 unspecified atom stereocenters. The van der Waals surface area contributed by atoms with Gasteiger partial charge in [-0.25, -0.2) is 0 Å². The molecule has 0 spiro atoms. The molecule has 1 aliphatic carbocycles. The van der Waals surface area contributed by atoms with Crippen LogP contribution in [-0.4, -0.2) is 17.7 Å². The van der Waals surface area contributed by atoms with Gasteiger partial charge in [0.2, 0.25) is 0 Å². The lowest BCUT2D eigenvalue weighted by Crippen LogP contribution is -2.47. The fourth-order valence-electron chi connectivity index (χ4n) is 2.67. The zero-order chi connectivity index (χ0) is 14.8. The van der Waals surface area contributed by atoms with Crippen molar-refractivity contribution in [1.29, 1.82) is 0 Å². The molecule has 0 heterocycles. The number of nitrogens with one attached hydrogen (secondary N) is 1. The highest BCUT2D eigenvalue weighted by Gasteiger charge is 2.39. The third-order valence-electron chi connectivity index (χ3n) is 4.31. The van der Waals surface area contributed by atoms with Crippen LogP contribution in [0.1, 0.15) is 57.6 Å². The maximum absolute atomic E-state index is 6.35. The third kappa shape index (κ3) is 3.99. The number of aryl methyl sites for hydroxylation is 2. The van der Waals surface area contributed by atoms with Crippen LogP contribution in [0.15, 0.2) is 18.2 Å². The molecule has 1 aromatic rings. The molecule has 2 nitrogen and oxygen atoms in total. The highest BCUT2D eigenvalue weighted by molar-refractivity contribution is 5.34. The van der Waals surface area contributed by atoms with E-state index in [0.717, 1.165) is 18.7 Å². The molecule has 0 aliphatic heterocycles. The summed E-state index contributed by atoms with van der Waals surface area (Å²) >= 11 is 0. The van der Waals surface area contributed by atoms with Crippen LogP contribution in [0.25, 0.3) is 0 Å². The lowest BCUT2D eigenvalue weighted by atomic mass is 9.77. The summed E-state index contributed by atoms with van der Waals surface area (Å²) in [7, 11) is 0. The molecule has 1 saturated carbocycles. The van der Waals surface area contributed by atoms with Crippen LogP contribution in [0.3, 0.4) is 0 Å². The van der Waals surface area contributed by atoms with Crippen LogP contribution in [0.4, 0.5) is 0 Å². The Morgan fingerprint density at radius 1 is 1.15 bits per heavy atom. The van der Waals surface area contributed by atoms with E-state index in [4.69, 9.17) is 4.74 Å². The summed E-state index contributed by atoms with van der Waals surface area (Å²) in [6.45, 7) is 12.0. The van der Waals surface area contributed by atoms with Crippen LogP contribution < -0.4 is 10.1 Å². The van der Waals surface area contributed by atoms with Gasteiger partial charge < -0.3 is 10.1 Å². The summed E-state index contributed by atoms with van der Waals surface area (Å²) in [6.07, 6.45) is 4.76. The minimum Gasteiger partial charge on any atom is -0.487 e. The molecular weight excluding hydrogens is 246 g/mol. The molecule has 112 valence electrons. The second-order valence-electron chi connectivity index (χ2n) is 7.31. The van der Waals surface area contributed by atoms with Crippen molar-refractivity contribution in [3.63, 3.8) is 0 Å². The Labute approximate surface area is 123 Å². The van der Waals surface area contributed by atoms with Gasteiger partial charge in [0.25, 0.3) is 0 Å². The number of ether oxygens (including phenoxy) is 1. The van der Waals surface area contributed by atoms with E-state index in [2.05, 4.69) is 58.1 Å². The summed E-state index contributed by atoms with van der Waals surface area (Å²) in [6, 6.07) is 6.44. The lowest BCUT2D eigenvalue weighted by molar-refractivity contribution is -0.0152. The number of hydrogen-bond donors (Lipinski definition) is 1. The molecule has 0 bridgehead atoms. The van der Waals surface area contributed by atoms with Gasteiger partial charge in [0, 0.05) is 5.54 Å². The van der Waals surface area contributed by atoms with E-state index in [1.807, 2.05) is 0 Å². The maximum atomic E-state index is 6.35. The molecule has 1 fully saturated rings. The molecule has 0 radical (unpaired) electrons. The first-order chi connectivity index (χ1) is 9.30. The summed E-state index contributed by atoms with van der Waals surface area (Å²) in [4.78, 5) is 0. The Morgan fingerprint density at radius 2 is 1.85 bits per heavy atom. The van der Waals surface area contributed by atoms with E-state index in [9.17, 15) is 0 Å². The molecule has 1 N–H and O–H groups in total. The quantitative estimate of drug-likeness (QED) is 0.861. The molecule has 0 amide bonds. The first-order valence-corrected chi connectivity index (χ1v) is 7.81. The fourth-order valence-corrected chi connectivity index (χ4v) is 2.67. The van der Waals surface area contributed by atoms with Crippen molar-refractivity contribution in [3.05, 3.63) is 29.3 Å². The number of benzene rings is 1. The summed E-state index contributed by atoms with van der Waals surface area (Å²) < 4.78 is 6.35. The minimum atomic E-state index is 0.0694. The molecule has 20 heavy (non-hydrogen) atoms. The average Bonchev–Trinajstić information content (AvgIpc) is 2.29. The molecule has 0 atom stereocenters. The predicted octanol–water partition coefficient (Wildman–Crippen LogP) is 4.38. The highest BCUT2D eigenvalue weighted by Crippen LogP contribution is 2.39. The summed E-state index contributed by atoms with van der Waals surface area (Å²) in [5.74, 6) is 1.03. The van der Waals surface area contributed by atoms with Gasteiger partial charge in [-0.2, -0.15) is 0 Å². The zero-order valence-corrected chi connectivity index (χ0v) is 13.7. The van der Waals surface area contributed by atoms with Gasteiger partial charge in [-0.05, 0) is 90.1 Å². The molecule has 2 heteroatoms. The van der Waals surface area contributed by atoms with Crippen molar-refractivity contribution < 1.29 is 4.74 Å². The molecule has 0 saturated heterocycles. The molecule has 1 aliphatic rings. The van der Waals surface area contributed by atoms with Gasteiger partial charge in [-0.15, -0.1) is 0 Å². The first kappa shape index (κ1) is 15.4. The van der Waals surface area contributed by atoms with Crippen molar-refractivity contribution in [1.82, 2.24) is 5.32 Å². The van der Waals surface area contributed by atoms with Crippen LogP contribution in [0.2, 0.25) is 0 Å². The standard InChI is InChI=1S/C18H29NO/c1-14-7-8-16(13-15(14)2)20-18(9-6-10-18)11-12-19-17(3,4)5/h7-8,13,19H,6,9-12H2,1-5H3. The molecule has 2 rings (SSSR count). The summed E-state index contributed by atoms with van der Waals surface area (Å²) in [5, 5.41) is 3.57. The Kier molecular flexibility index (Phi) is 4.43. The zero-order valence-electron chi connectivity index (χ0n) is 13.7. The average molecular weight is 275 g/mol. The smallest absolute Gasteiger partial charge is 0.120 e. The molecular formula is C18H29NO. The topological polar surface area (TPSA) is 21.3 Å². The number of rotatable bonds is 5. The second-order valence-corrected chi connectivity index (χ2v) is 7.31. The van der Waals surface area contributed by atoms with Crippen molar-refractivity contribution in [2.45, 2.75) is 71.4 Å². The van der Waals surface area contributed by atoms with E-state index < -0.39 is 0 Å². The SMILES string of the molecule is Cc1ccc(OC2(CCNC(C)(C)C)CCC2)cc1C. The first-order valence-electron chi connectivity index (χ1n) is 7.81. The Bertz CT molecular complexity index is 455. The van der Waals surface area contributed by atoms with Gasteiger partial charge in [0.15, 0.2) is 0 Å². The van der Waals surface area contributed by atoms with Crippen molar-refractivity contribution in [2.24, 2.45) is 0 Å². The third-order valence-corrected chi connectivity index (χ3v) is 4.31. The predicted molar refractivity (Wildman–Crippen MR) is 85.5 cm³/mol. The largest absolute Gasteiger partial charge is 0.487 e. The molecule has 0 aromatic heterocycles. The lowest BCUT2D eigenvalue weighted by Gasteiger charge is -2.42. The van der Waals surface area contributed by atoms with E-state index in [1.165, 1.54) is 30.4 Å². The van der Waals surface area contributed by atoms with Crippen molar-refractivity contribution >= 4 is 0 Å². The van der Waals surface area contributed by atoms with Gasteiger partial charge in [-0.1, -0.05) is 6.07 Å². The van der Waals surface area contributed by atoms with Gasteiger partial charge in [0.1, 0.15) is 11.4 Å². The Balaban J connectivity index is 1.95. The Morgan fingerprint density at radius 3 is 2.35 bits per heavy atom. The number of hydrogen-bond acceptors (Lipinski definition) is 2. The molecule has 1 aromatic carbocycles. The normalized spacial score (nSPS) is 17.6. The van der Waals surface area contributed by atoms with E-state index in [1.54, 1.807) is 0 Å². The second kappa shape index (κ2) is 5.77. The van der Waals surface area contributed by atoms with Crippen LogP contribution in [0.5, 0.6) is 5.75 Å². The maximum Gasteiger partial charge on any atom is 0.120 e. The highest BCUT2D eigenvalue weighted by atomic mass is 16.5. The van der Waals surface area contributed by atoms with Gasteiger partial charge >= 0.3 is 0 Å². The van der Waals surface area contributed by atoms with E-state index >= 15 is 0 Å². The van der Waals surface area contributed by atoms with Crippen molar-refractivity contribution in [2.75, 3.05) is 6.54 Å². The van der Waals surface area contributed by atoms with Gasteiger partial charge in [0.05, 0.1) is 0 Å². The van der Waals surface area contributed by atoms with E-state index in [-0.39, 0.29) is 11.1 Å².